The van der Waals surface area contributed by atoms with Crippen LogP contribution in [0.4, 0.5) is 4.79 Å². The summed E-state index contributed by atoms with van der Waals surface area (Å²) in [7, 11) is 0. The monoisotopic (exact) mass is 268 g/mol. The Morgan fingerprint density at radius 1 is 1.28 bits per heavy atom. The lowest BCUT2D eigenvalue weighted by Gasteiger charge is -2.32. The van der Waals surface area contributed by atoms with Crippen LogP contribution < -0.4 is 0 Å². The molecule has 0 saturated carbocycles. The van der Waals surface area contributed by atoms with Crippen molar-refractivity contribution >= 4 is 23.6 Å². The van der Waals surface area contributed by atoms with Gasteiger partial charge in [-0.2, -0.15) is 0 Å². The summed E-state index contributed by atoms with van der Waals surface area (Å²) in [5.74, 6) is -0.168. The largest absolute Gasteiger partial charge is 0.465 e. The first kappa shape index (κ1) is 12.7. The molecule has 1 aliphatic heterocycles. The minimum Gasteiger partial charge on any atom is -0.465 e. The molecule has 1 aliphatic rings. The van der Waals surface area contributed by atoms with Crippen LogP contribution in [0.1, 0.15) is 5.56 Å². The van der Waals surface area contributed by atoms with Gasteiger partial charge in [-0.15, -0.1) is 0 Å². The molecule has 1 fully saturated rings. The van der Waals surface area contributed by atoms with E-state index in [1.165, 1.54) is 0 Å². The number of benzene rings is 1. The van der Waals surface area contributed by atoms with E-state index in [-0.39, 0.29) is 12.5 Å². The zero-order chi connectivity index (χ0) is 13.1. The summed E-state index contributed by atoms with van der Waals surface area (Å²) in [4.78, 5) is 25.3. The van der Waals surface area contributed by atoms with Gasteiger partial charge in [-0.05, 0) is 17.7 Å². The molecule has 96 valence electrons. The Hall–Kier alpha value is -1.75. The Morgan fingerprint density at radius 3 is 2.50 bits per heavy atom. The zero-order valence-electron chi connectivity index (χ0n) is 9.67. The number of carboxylic acid groups (broad SMARTS) is 1. The van der Waals surface area contributed by atoms with Crippen molar-refractivity contribution in [1.29, 1.82) is 0 Å². The van der Waals surface area contributed by atoms with Crippen molar-refractivity contribution in [3.63, 3.8) is 0 Å². The first-order valence-corrected chi connectivity index (χ1v) is 5.94. The molecule has 0 radical (unpaired) electrons. The van der Waals surface area contributed by atoms with Crippen molar-refractivity contribution in [2.75, 3.05) is 19.6 Å². The molecule has 1 saturated heterocycles. The van der Waals surface area contributed by atoms with E-state index in [2.05, 4.69) is 0 Å². The van der Waals surface area contributed by atoms with Gasteiger partial charge in [0.25, 0.3) is 0 Å². The van der Waals surface area contributed by atoms with Crippen LogP contribution in [0.25, 0.3) is 0 Å². The SMILES string of the molecule is O=C(O)N1CCN(Cc2ccc(Cl)cc2)C(=O)C1. The van der Waals surface area contributed by atoms with Crippen molar-refractivity contribution in [1.82, 2.24) is 9.80 Å². The topological polar surface area (TPSA) is 60.9 Å². The summed E-state index contributed by atoms with van der Waals surface area (Å²) < 4.78 is 0. The van der Waals surface area contributed by atoms with Crippen LogP contribution >= 0.6 is 11.6 Å². The van der Waals surface area contributed by atoms with E-state index >= 15 is 0 Å². The number of hydrogen-bond donors (Lipinski definition) is 1. The predicted octanol–water partition coefficient (Wildman–Crippen LogP) is 1.66. The highest BCUT2D eigenvalue weighted by atomic mass is 35.5. The molecule has 5 nitrogen and oxygen atoms in total. The maximum atomic E-state index is 11.8. The number of rotatable bonds is 2. The summed E-state index contributed by atoms with van der Waals surface area (Å²) in [6.07, 6.45) is -1.05. The van der Waals surface area contributed by atoms with Crippen LogP contribution in [-0.4, -0.2) is 46.5 Å². The Morgan fingerprint density at radius 2 is 1.94 bits per heavy atom. The Labute approximate surface area is 110 Å². The van der Waals surface area contributed by atoms with Gasteiger partial charge in [-0.25, -0.2) is 4.79 Å². The molecule has 0 bridgehead atoms. The van der Waals surface area contributed by atoms with Crippen molar-refractivity contribution < 1.29 is 14.7 Å². The molecule has 18 heavy (non-hydrogen) atoms. The first-order chi connectivity index (χ1) is 8.56. The third kappa shape index (κ3) is 2.92. The Bertz CT molecular complexity index is 461. The van der Waals surface area contributed by atoms with E-state index in [1.54, 1.807) is 17.0 Å². The van der Waals surface area contributed by atoms with E-state index in [4.69, 9.17) is 16.7 Å². The predicted molar refractivity (Wildman–Crippen MR) is 66.5 cm³/mol. The van der Waals surface area contributed by atoms with Gasteiger partial charge in [0.2, 0.25) is 5.91 Å². The average molecular weight is 269 g/mol. The lowest BCUT2D eigenvalue weighted by Crippen LogP contribution is -2.51. The molecule has 1 heterocycles. The standard InChI is InChI=1S/C12H13ClN2O3/c13-10-3-1-9(2-4-10)7-14-5-6-15(12(17)18)8-11(14)16/h1-4H,5-8H2,(H,17,18). The maximum Gasteiger partial charge on any atom is 0.407 e. The second kappa shape index (κ2) is 5.27. The average Bonchev–Trinajstić information content (AvgIpc) is 2.34. The molecular formula is C12H13ClN2O3. The Kier molecular flexibility index (Phi) is 3.72. The minimum absolute atomic E-state index is 0.0665. The number of carbonyl (C=O) groups is 2. The molecule has 1 aromatic rings. The molecule has 0 unspecified atom stereocenters. The molecule has 1 aromatic carbocycles. The third-order valence-corrected chi connectivity index (χ3v) is 3.13. The van der Waals surface area contributed by atoms with Crippen molar-refractivity contribution in [3.8, 4) is 0 Å². The number of piperazine rings is 1. The molecule has 6 heteroatoms. The molecule has 0 spiro atoms. The maximum absolute atomic E-state index is 11.8. The van der Waals surface area contributed by atoms with Crippen molar-refractivity contribution in [2.24, 2.45) is 0 Å². The first-order valence-electron chi connectivity index (χ1n) is 5.56. The quantitative estimate of drug-likeness (QED) is 0.887. The fourth-order valence-electron chi connectivity index (χ4n) is 1.85. The van der Waals surface area contributed by atoms with E-state index in [0.717, 1.165) is 10.5 Å². The lowest BCUT2D eigenvalue weighted by atomic mass is 10.2. The van der Waals surface area contributed by atoms with Crippen LogP contribution in [-0.2, 0) is 11.3 Å². The highest BCUT2D eigenvalue weighted by Crippen LogP contribution is 2.13. The Balaban J connectivity index is 1.97. The molecule has 1 N–H and O–H groups in total. The van der Waals surface area contributed by atoms with Crippen LogP contribution in [0.5, 0.6) is 0 Å². The highest BCUT2D eigenvalue weighted by Gasteiger charge is 2.26. The van der Waals surface area contributed by atoms with Crippen LogP contribution in [0.2, 0.25) is 5.02 Å². The molecule has 0 atom stereocenters. The summed E-state index contributed by atoms with van der Waals surface area (Å²) in [5.41, 5.74) is 0.983. The van der Waals surface area contributed by atoms with Gasteiger partial charge in [0.05, 0.1) is 0 Å². The van der Waals surface area contributed by atoms with Crippen molar-refractivity contribution in [3.05, 3.63) is 34.9 Å². The van der Waals surface area contributed by atoms with Gasteiger partial charge < -0.3 is 10.0 Å². The highest BCUT2D eigenvalue weighted by molar-refractivity contribution is 6.30. The summed E-state index contributed by atoms with van der Waals surface area (Å²) in [6.45, 7) is 1.20. The molecule has 2 rings (SSSR count). The molecule has 0 aromatic heterocycles. The van der Waals surface area contributed by atoms with Gasteiger partial charge in [0.1, 0.15) is 6.54 Å². The molecule has 2 amide bonds. The van der Waals surface area contributed by atoms with E-state index in [1.807, 2.05) is 12.1 Å². The molecule has 0 aliphatic carbocycles. The fraction of sp³-hybridized carbons (Fsp3) is 0.333. The van der Waals surface area contributed by atoms with Gasteiger partial charge in [0.15, 0.2) is 0 Å². The minimum atomic E-state index is -1.05. The van der Waals surface area contributed by atoms with E-state index in [0.29, 0.717) is 24.7 Å². The zero-order valence-corrected chi connectivity index (χ0v) is 10.4. The number of halogens is 1. The molecular weight excluding hydrogens is 256 g/mol. The second-order valence-electron chi connectivity index (χ2n) is 4.15. The lowest BCUT2D eigenvalue weighted by molar-refractivity contribution is -0.135. The smallest absolute Gasteiger partial charge is 0.407 e. The van der Waals surface area contributed by atoms with E-state index < -0.39 is 6.09 Å². The summed E-state index contributed by atoms with van der Waals surface area (Å²) in [6, 6.07) is 7.27. The van der Waals surface area contributed by atoms with Crippen LogP contribution in [0.3, 0.4) is 0 Å². The fourth-order valence-corrected chi connectivity index (χ4v) is 1.98. The number of hydrogen-bond acceptors (Lipinski definition) is 2. The number of amides is 2. The van der Waals surface area contributed by atoms with Crippen LogP contribution in [0, 0.1) is 0 Å². The van der Waals surface area contributed by atoms with E-state index in [9.17, 15) is 9.59 Å². The van der Waals surface area contributed by atoms with Crippen LogP contribution in [0.15, 0.2) is 24.3 Å². The van der Waals surface area contributed by atoms with Crippen molar-refractivity contribution in [2.45, 2.75) is 6.54 Å². The summed E-state index contributed by atoms with van der Waals surface area (Å²) in [5, 5.41) is 9.46. The third-order valence-electron chi connectivity index (χ3n) is 2.88. The summed E-state index contributed by atoms with van der Waals surface area (Å²) >= 11 is 5.78. The van der Waals surface area contributed by atoms with Gasteiger partial charge in [0, 0.05) is 24.7 Å². The number of nitrogens with zero attached hydrogens (tertiary/aromatic N) is 2. The van der Waals surface area contributed by atoms with Gasteiger partial charge >= 0.3 is 6.09 Å². The van der Waals surface area contributed by atoms with Gasteiger partial charge in [-0.1, -0.05) is 23.7 Å². The normalized spacial score (nSPS) is 15.9. The number of carbonyl (C=O) groups excluding carboxylic acids is 1. The van der Waals surface area contributed by atoms with Gasteiger partial charge in [-0.3, -0.25) is 9.69 Å². The second-order valence-corrected chi connectivity index (χ2v) is 4.58.